The smallest absolute Gasteiger partial charge is 0.280 e. The van der Waals surface area contributed by atoms with Crippen LogP contribution in [0.4, 0.5) is 5.95 Å². The van der Waals surface area contributed by atoms with Crippen LogP contribution in [0.2, 0.25) is 0 Å². The van der Waals surface area contributed by atoms with Crippen LogP contribution in [0.3, 0.4) is 0 Å². The maximum atomic E-state index is 14.2. The zero-order valence-corrected chi connectivity index (χ0v) is 21.4. The average molecular weight is 509 g/mol. The van der Waals surface area contributed by atoms with Crippen molar-refractivity contribution in [2.24, 2.45) is 5.73 Å². The molecule has 0 radical (unpaired) electrons. The highest BCUT2D eigenvalue weighted by Crippen LogP contribution is 2.25. The Kier molecular flexibility index (Phi) is 6.79. The zero-order valence-electron chi connectivity index (χ0n) is 21.4. The summed E-state index contributed by atoms with van der Waals surface area (Å²) in [4.78, 5) is 26.4. The third-order valence-corrected chi connectivity index (χ3v) is 7.22. The Morgan fingerprint density at radius 3 is 2.34 bits per heavy atom. The van der Waals surface area contributed by atoms with Crippen molar-refractivity contribution in [3.05, 3.63) is 112 Å². The number of nitrogens with zero attached hydrogens (tertiary/aromatic N) is 5. The first kappa shape index (κ1) is 24.2. The molecule has 1 aliphatic heterocycles. The largest absolute Gasteiger partial charge is 0.467 e. The Hall–Kier alpha value is -4.17. The van der Waals surface area contributed by atoms with Crippen LogP contribution in [0.1, 0.15) is 35.6 Å². The second-order valence-electron chi connectivity index (χ2n) is 9.99. The van der Waals surface area contributed by atoms with Gasteiger partial charge in [0.2, 0.25) is 5.95 Å². The normalized spacial score (nSPS) is 15.8. The molecule has 0 saturated carbocycles. The molecule has 0 bridgehead atoms. The SMILES string of the molecule is NC1CCCN(c2nc3nc(CCc4ccccc4)n(Cc4ccco4)c(=O)c3n2Cc2ccccc2)C1. The molecule has 8 heteroatoms. The van der Waals surface area contributed by atoms with Crippen molar-refractivity contribution < 1.29 is 4.42 Å². The first-order chi connectivity index (χ1) is 18.7. The van der Waals surface area contributed by atoms with Gasteiger partial charge in [-0.15, -0.1) is 0 Å². The number of anilines is 1. The Bertz CT molecular complexity index is 1560. The van der Waals surface area contributed by atoms with E-state index in [1.807, 2.05) is 53.1 Å². The van der Waals surface area contributed by atoms with E-state index in [1.165, 1.54) is 5.56 Å². The third kappa shape index (κ3) is 4.99. The first-order valence-electron chi connectivity index (χ1n) is 13.3. The van der Waals surface area contributed by atoms with Crippen LogP contribution in [-0.2, 0) is 25.9 Å². The fraction of sp³-hybridized carbons (Fsp3) is 0.300. The monoisotopic (exact) mass is 508 g/mol. The summed E-state index contributed by atoms with van der Waals surface area (Å²) in [6, 6.07) is 24.2. The number of nitrogens with two attached hydrogens (primary N) is 1. The first-order valence-corrected chi connectivity index (χ1v) is 13.3. The lowest BCUT2D eigenvalue weighted by Gasteiger charge is -2.31. The molecule has 38 heavy (non-hydrogen) atoms. The highest BCUT2D eigenvalue weighted by molar-refractivity contribution is 5.74. The molecule has 0 spiro atoms. The van der Waals surface area contributed by atoms with Gasteiger partial charge in [-0.3, -0.25) is 13.9 Å². The zero-order chi connectivity index (χ0) is 25.9. The lowest BCUT2D eigenvalue weighted by Crippen LogP contribution is -2.44. The van der Waals surface area contributed by atoms with E-state index in [4.69, 9.17) is 20.1 Å². The van der Waals surface area contributed by atoms with Crippen molar-refractivity contribution >= 4 is 17.1 Å². The fourth-order valence-corrected chi connectivity index (χ4v) is 5.31. The molecule has 5 aromatic rings. The molecule has 1 aliphatic rings. The molecule has 1 saturated heterocycles. The maximum Gasteiger partial charge on any atom is 0.280 e. The van der Waals surface area contributed by atoms with Gasteiger partial charge in [-0.1, -0.05) is 60.7 Å². The Balaban J connectivity index is 1.49. The summed E-state index contributed by atoms with van der Waals surface area (Å²) in [5, 5.41) is 0. The number of aromatic nitrogens is 4. The van der Waals surface area contributed by atoms with Crippen molar-refractivity contribution in [3.63, 3.8) is 0 Å². The fourth-order valence-electron chi connectivity index (χ4n) is 5.31. The van der Waals surface area contributed by atoms with Crippen LogP contribution in [0.5, 0.6) is 0 Å². The Morgan fingerprint density at radius 1 is 0.868 bits per heavy atom. The minimum absolute atomic E-state index is 0.0822. The number of aryl methyl sites for hydroxylation is 2. The van der Waals surface area contributed by atoms with Crippen LogP contribution in [0.15, 0.2) is 88.3 Å². The number of hydrogen-bond acceptors (Lipinski definition) is 6. The van der Waals surface area contributed by atoms with E-state index in [0.29, 0.717) is 48.8 Å². The van der Waals surface area contributed by atoms with Gasteiger partial charge >= 0.3 is 0 Å². The van der Waals surface area contributed by atoms with Gasteiger partial charge in [0.15, 0.2) is 11.2 Å². The van der Waals surface area contributed by atoms with Crippen molar-refractivity contribution in [3.8, 4) is 0 Å². The molecule has 194 valence electrons. The second kappa shape index (κ2) is 10.7. The van der Waals surface area contributed by atoms with Crippen LogP contribution in [-0.4, -0.2) is 38.2 Å². The summed E-state index contributed by atoms with van der Waals surface area (Å²) in [6.07, 6.45) is 5.01. The number of hydrogen-bond donors (Lipinski definition) is 1. The number of furan rings is 1. The van der Waals surface area contributed by atoms with Crippen molar-refractivity contribution in [2.75, 3.05) is 18.0 Å². The number of rotatable bonds is 8. The van der Waals surface area contributed by atoms with Gasteiger partial charge in [-0.2, -0.15) is 4.98 Å². The van der Waals surface area contributed by atoms with Gasteiger partial charge in [0, 0.05) is 25.6 Å². The van der Waals surface area contributed by atoms with E-state index in [9.17, 15) is 4.79 Å². The Morgan fingerprint density at radius 2 is 1.63 bits per heavy atom. The molecule has 2 N–H and O–H groups in total. The predicted molar refractivity (Wildman–Crippen MR) is 148 cm³/mol. The van der Waals surface area contributed by atoms with E-state index < -0.39 is 0 Å². The topological polar surface area (TPSA) is 95.1 Å². The van der Waals surface area contributed by atoms with Crippen LogP contribution >= 0.6 is 0 Å². The molecule has 1 unspecified atom stereocenters. The molecule has 1 atom stereocenters. The van der Waals surface area contributed by atoms with Gasteiger partial charge in [-0.25, -0.2) is 4.98 Å². The number of benzene rings is 2. The summed E-state index contributed by atoms with van der Waals surface area (Å²) in [7, 11) is 0. The highest BCUT2D eigenvalue weighted by atomic mass is 16.3. The quantitative estimate of drug-likeness (QED) is 0.341. The highest BCUT2D eigenvalue weighted by Gasteiger charge is 2.26. The van der Waals surface area contributed by atoms with Gasteiger partial charge in [0.1, 0.15) is 11.6 Å². The molecule has 0 amide bonds. The molecule has 3 aromatic heterocycles. The molecule has 4 heterocycles. The minimum Gasteiger partial charge on any atom is -0.467 e. The molecule has 1 fully saturated rings. The van der Waals surface area contributed by atoms with Crippen LogP contribution in [0, 0.1) is 0 Å². The molecule has 6 rings (SSSR count). The maximum absolute atomic E-state index is 14.2. The van der Waals surface area contributed by atoms with Crippen molar-refractivity contribution in [1.82, 2.24) is 19.1 Å². The number of fused-ring (bicyclic) bond motifs is 1. The van der Waals surface area contributed by atoms with Gasteiger partial charge < -0.3 is 15.1 Å². The lowest BCUT2D eigenvalue weighted by molar-refractivity contribution is 0.481. The standard InChI is InChI=1S/C30H32N6O2/c31-24-13-7-17-34(20-24)30-33-28-27(36(30)19-23-11-5-2-6-12-23)29(37)35(21-25-14-8-18-38-25)26(32-28)16-15-22-9-3-1-4-10-22/h1-6,8-12,14,18,24H,7,13,15-17,19-21,31H2. The average Bonchev–Trinajstić information content (AvgIpc) is 3.59. The molecule has 2 aromatic carbocycles. The number of imidazole rings is 1. The van der Waals surface area contributed by atoms with Gasteiger partial charge in [-0.05, 0) is 42.5 Å². The summed E-state index contributed by atoms with van der Waals surface area (Å²) in [5.41, 5.74) is 9.52. The number of piperidine rings is 1. The van der Waals surface area contributed by atoms with Crippen LogP contribution in [0.25, 0.3) is 11.2 Å². The molecular formula is C30H32N6O2. The summed E-state index contributed by atoms with van der Waals surface area (Å²) in [5.74, 6) is 2.17. The lowest BCUT2D eigenvalue weighted by atomic mass is 10.1. The summed E-state index contributed by atoms with van der Waals surface area (Å²) >= 11 is 0. The van der Waals surface area contributed by atoms with E-state index in [2.05, 4.69) is 29.2 Å². The molecule has 8 nitrogen and oxygen atoms in total. The van der Waals surface area contributed by atoms with E-state index in [0.717, 1.165) is 37.3 Å². The van der Waals surface area contributed by atoms with Crippen molar-refractivity contribution in [1.29, 1.82) is 0 Å². The second-order valence-corrected chi connectivity index (χ2v) is 9.99. The van der Waals surface area contributed by atoms with Gasteiger partial charge in [0.25, 0.3) is 5.56 Å². The summed E-state index contributed by atoms with van der Waals surface area (Å²) in [6.45, 7) is 2.41. The predicted octanol–water partition coefficient (Wildman–Crippen LogP) is 4.00. The minimum atomic E-state index is -0.106. The third-order valence-electron chi connectivity index (χ3n) is 7.22. The summed E-state index contributed by atoms with van der Waals surface area (Å²) < 4.78 is 9.40. The van der Waals surface area contributed by atoms with E-state index in [1.54, 1.807) is 10.8 Å². The van der Waals surface area contributed by atoms with E-state index in [-0.39, 0.29) is 11.6 Å². The Labute approximate surface area is 221 Å². The van der Waals surface area contributed by atoms with Gasteiger partial charge in [0.05, 0.1) is 19.4 Å². The molecule has 0 aliphatic carbocycles. The molecular weight excluding hydrogens is 476 g/mol. The van der Waals surface area contributed by atoms with Crippen LogP contribution < -0.4 is 16.2 Å². The van der Waals surface area contributed by atoms with E-state index >= 15 is 0 Å². The van der Waals surface area contributed by atoms with Crippen molar-refractivity contribution in [2.45, 2.75) is 44.8 Å².